The summed E-state index contributed by atoms with van der Waals surface area (Å²) in [5.74, 6) is -0.725. The zero-order valence-electron chi connectivity index (χ0n) is 10.2. The highest BCUT2D eigenvalue weighted by atomic mass is 32.1. The molecule has 0 radical (unpaired) electrons. The Morgan fingerprint density at radius 3 is 2.88 bits per heavy atom. The average molecular weight is 254 g/mol. The van der Waals surface area contributed by atoms with Gasteiger partial charge in [0.05, 0.1) is 23.2 Å². The Labute approximate surface area is 105 Å². The number of carboxylic acid groups (broad SMARTS) is 1. The molecule has 1 fully saturated rings. The van der Waals surface area contributed by atoms with Gasteiger partial charge in [-0.05, 0) is 26.7 Å². The molecule has 0 bridgehead atoms. The van der Waals surface area contributed by atoms with Crippen molar-refractivity contribution in [2.24, 2.45) is 0 Å². The molecule has 1 N–H and O–H groups in total. The Morgan fingerprint density at radius 2 is 2.41 bits per heavy atom. The van der Waals surface area contributed by atoms with Crippen LogP contribution in [0.25, 0.3) is 0 Å². The highest BCUT2D eigenvalue weighted by Crippen LogP contribution is 2.34. The van der Waals surface area contributed by atoms with Gasteiger partial charge in [-0.15, -0.1) is 11.3 Å². The van der Waals surface area contributed by atoms with E-state index in [2.05, 4.69) is 22.2 Å². The van der Waals surface area contributed by atoms with Gasteiger partial charge in [-0.2, -0.15) is 0 Å². The molecular formula is C12H18N2O2S. The van der Waals surface area contributed by atoms with Crippen molar-refractivity contribution < 1.29 is 9.90 Å². The van der Waals surface area contributed by atoms with E-state index in [0.29, 0.717) is 12.6 Å². The summed E-state index contributed by atoms with van der Waals surface area (Å²) in [5, 5.41) is 11.9. The molecule has 1 aromatic heterocycles. The Kier molecular flexibility index (Phi) is 3.79. The van der Waals surface area contributed by atoms with Crippen LogP contribution in [0.1, 0.15) is 42.9 Å². The van der Waals surface area contributed by atoms with Gasteiger partial charge in [0.15, 0.2) is 0 Å². The molecule has 17 heavy (non-hydrogen) atoms. The molecule has 2 rings (SSSR count). The third-order valence-electron chi connectivity index (χ3n) is 3.16. The van der Waals surface area contributed by atoms with E-state index in [4.69, 9.17) is 5.11 Å². The molecule has 1 aromatic rings. The van der Waals surface area contributed by atoms with Crippen molar-refractivity contribution in [3.63, 3.8) is 0 Å². The Balaban J connectivity index is 2.02. The second kappa shape index (κ2) is 5.14. The standard InChI is InChI=1S/C12H18N2O2S/c1-8(11-7-17-9(2)13-11)14(10-3-4-10)6-5-12(15)16/h7-8,10H,3-6H2,1-2H3,(H,15,16). The zero-order valence-corrected chi connectivity index (χ0v) is 11.0. The summed E-state index contributed by atoms with van der Waals surface area (Å²) in [6.45, 7) is 4.74. The lowest BCUT2D eigenvalue weighted by Crippen LogP contribution is -2.31. The normalized spacial score (nSPS) is 17.4. The fraction of sp³-hybridized carbons (Fsp3) is 0.667. The van der Waals surface area contributed by atoms with Crippen LogP contribution in [0, 0.1) is 6.92 Å². The smallest absolute Gasteiger partial charge is 0.304 e. The maximum Gasteiger partial charge on any atom is 0.304 e. The number of hydrogen-bond acceptors (Lipinski definition) is 4. The van der Waals surface area contributed by atoms with Crippen LogP contribution >= 0.6 is 11.3 Å². The first-order valence-corrected chi connectivity index (χ1v) is 6.85. The molecule has 94 valence electrons. The van der Waals surface area contributed by atoms with Crippen molar-refractivity contribution in [3.05, 3.63) is 16.1 Å². The number of thiazole rings is 1. The number of aliphatic carboxylic acids is 1. The summed E-state index contributed by atoms with van der Waals surface area (Å²) in [7, 11) is 0. The van der Waals surface area contributed by atoms with E-state index in [-0.39, 0.29) is 12.5 Å². The summed E-state index contributed by atoms with van der Waals surface area (Å²) in [6, 6.07) is 0.790. The fourth-order valence-electron chi connectivity index (χ4n) is 2.07. The lowest BCUT2D eigenvalue weighted by atomic mass is 10.2. The molecule has 0 aromatic carbocycles. The van der Waals surface area contributed by atoms with E-state index in [1.807, 2.05) is 6.92 Å². The minimum atomic E-state index is -0.725. The summed E-state index contributed by atoms with van der Waals surface area (Å²) in [5.41, 5.74) is 1.07. The topological polar surface area (TPSA) is 53.4 Å². The van der Waals surface area contributed by atoms with Crippen LogP contribution < -0.4 is 0 Å². The van der Waals surface area contributed by atoms with E-state index in [1.165, 1.54) is 12.8 Å². The third-order valence-corrected chi connectivity index (χ3v) is 3.95. The summed E-state index contributed by atoms with van der Waals surface area (Å²) in [4.78, 5) is 17.4. The first-order valence-electron chi connectivity index (χ1n) is 5.97. The summed E-state index contributed by atoms with van der Waals surface area (Å²) < 4.78 is 0. The van der Waals surface area contributed by atoms with Crippen LogP contribution in [-0.2, 0) is 4.79 Å². The molecular weight excluding hydrogens is 236 g/mol. The second-order valence-corrected chi connectivity index (χ2v) is 5.64. The lowest BCUT2D eigenvalue weighted by Gasteiger charge is -2.27. The number of aryl methyl sites for hydroxylation is 1. The van der Waals surface area contributed by atoms with Crippen LogP contribution in [-0.4, -0.2) is 33.5 Å². The average Bonchev–Trinajstić information content (AvgIpc) is 3.00. The quantitative estimate of drug-likeness (QED) is 0.847. The molecule has 1 heterocycles. The molecule has 0 spiro atoms. The molecule has 1 saturated carbocycles. The van der Waals surface area contributed by atoms with Crippen molar-refractivity contribution in [1.82, 2.24) is 9.88 Å². The number of carboxylic acids is 1. The van der Waals surface area contributed by atoms with E-state index >= 15 is 0 Å². The number of hydrogen-bond donors (Lipinski definition) is 1. The van der Waals surface area contributed by atoms with E-state index in [1.54, 1.807) is 11.3 Å². The molecule has 1 aliphatic carbocycles. The van der Waals surface area contributed by atoms with Crippen molar-refractivity contribution in [1.29, 1.82) is 0 Å². The predicted octanol–water partition coefficient (Wildman–Crippen LogP) is 2.45. The van der Waals surface area contributed by atoms with E-state index < -0.39 is 5.97 Å². The van der Waals surface area contributed by atoms with Gasteiger partial charge in [0.1, 0.15) is 0 Å². The first-order chi connectivity index (χ1) is 8.08. The zero-order chi connectivity index (χ0) is 12.4. The first kappa shape index (κ1) is 12.5. The largest absolute Gasteiger partial charge is 0.481 e. The van der Waals surface area contributed by atoms with Gasteiger partial charge in [-0.25, -0.2) is 4.98 Å². The van der Waals surface area contributed by atoms with Crippen LogP contribution in [0.5, 0.6) is 0 Å². The minimum absolute atomic E-state index is 0.212. The highest BCUT2D eigenvalue weighted by Gasteiger charge is 2.33. The molecule has 1 unspecified atom stereocenters. The summed E-state index contributed by atoms with van der Waals surface area (Å²) in [6.07, 6.45) is 2.59. The highest BCUT2D eigenvalue weighted by molar-refractivity contribution is 7.09. The van der Waals surface area contributed by atoms with Gasteiger partial charge in [-0.1, -0.05) is 0 Å². The van der Waals surface area contributed by atoms with E-state index in [0.717, 1.165) is 10.7 Å². The van der Waals surface area contributed by atoms with Crippen LogP contribution in [0.15, 0.2) is 5.38 Å². The van der Waals surface area contributed by atoms with Crippen molar-refractivity contribution in [2.75, 3.05) is 6.54 Å². The monoisotopic (exact) mass is 254 g/mol. The van der Waals surface area contributed by atoms with Crippen LogP contribution in [0.2, 0.25) is 0 Å². The molecule has 5 heteroatoms. The van der Waals surface area contributed by atoms with Gasteiger partial charge >= 0.3 is 5.97 Å². The SMILES string of the molecule is Cc1nc(C(C)N(CCC(=O)O)C2CC2)cs1. The van der Waals surface area contributed by atoms with Gasteiger partial charge in [0.25, 0.3) is 0 Å². The van der Waals surface area contributed by atoms with Gasteiger partial charge in [0.2, 0.25) is 0 Å². The van der Waals surface area contributed by atoms with Crippen molar-refractivity contribution >= 4 is 17.3 Å². The van der Waals surface area contributed by atoms with Crippen molar-refractivity contribution in [2.45, 2.75) is 45.2 Å². The Morgan fingerprint density at radius 1 is 1.71 bits per heavy atom. The van der Waals surface area contributed by atoms with Gasteiger partial charge in [-0.3, -0.25) is 9.69 Å². The molecule has 1 aliphatic rings. The second-order valence-electron chi connectivity index (χ2n) is 4.58. The fourth-order valence-corrected chi connectivity index (χ4v) is 2.76. The molecule has 0 aliphatic heterocycles. The number of rotatable bonds is 6. The van der Waals surface area contributed by atoms with Crippen LogP contribution in [0.4, 0.5) is 0 Å². The molecule has 0 saturated heterocycles. The van der Waals surface area contributed by atoms with Crippen LogP contribution in [0.3, 0.4) is 0 Å². The van der Waals surface area contributed by atoms with E-state index in [9.17, 15) is 4.79 Å². The Hall–Kier alpha value is -0.940. The van der Waals surface area contributed by atoms with Gasteiger partial charge < -0.3 is 5.11 Å². The maximum absolute atomic E-state index is 10.7. The molecule has 0 amide bonds. The third kappa shape index (κ3) is 3.26. The molecule has 4 nitrogen and oxygen atoms in total. The van der Waals surface area contributed by atoms with Crippen molar-refractivity contribution in [3.8, 4) is 0 Å². The molecule has 1 atom stereocenters. The maximum atomic E-state index is 10.7. The number of nitrogens with zero attached hydrogens (tertiary/aromatic N) is 2. The number of carbonyl (C=O) groups is 1. The Bertz CT molecular complexity index is 401. The van der Waals surface area contributed by atoms with Gasteiger partial charge in [0, 0.05) is 18.0 Å². The lowest BCUT2D eigenvalue weighted by molar-refractivity contribution is -0.137. The summed E-state index contributed by atoms with van der Waals surface area (Å²) >= 11 is 1.65. The minimum Gasteiger partial charge on any atom is -0.481 e. The number of aromatic nitrogens is 1. The predicted molar refractivity (Wildman–Crippen MR) is 67.2 cm³/mol.